The summed E-state index contributed by atoms with van der Waals surface area (Å²) in [6.45, 7) is 12.9. The van der Waals surface area contributed by atoms with E-state index in [-0.39, 0.29) is 12.0 Å². The fourth-order valence-corrected chi connectivity index (χ4v) is 2.82. The highest BCUT2D eigenvalue weighted by Crippen LogP contribution is 2.23. The molecule has 108 valence electrons. The summed E-state index contributed by atoms with van der Waals surface area (Å²) in [5.41, 5.74) is 0.222. The molecule has 1 fully saturated rings. The molecule has 1 rings (SSSR count). The molecule has 0 bridgehead atoms. The highest BCUT2D eigenvalue weighted by Gasteiger charge is 2.27. The molecule has 0 aromatic heterocycles. The quantitative estimate of drug-likeness (QED) is 0.792. The first-order chi connectivity index (χ1) is 8.47. The maximum Gasteiger partial charge on any atom is 0.0446 e. The molecule has 1 saturated heterocycles. The third-order valence-electron chi connectivity index (χ3n) is 4.17. The Balaban J connectivity index is 2.48. The molecule has 0 saturated carbocycles. The van der Waals surface area contributed by atoms with E-state index in [0.29, 0.717) is 12.1 Å². The summed E-state index contributed by atoms with van der Waals surface area (Å²) in [5.74, 6) is 0. The van der Waals surface area contributed by atoms with Gasteiger partial charge in [0.25, 0.3) is 0 Å². The van der Waals surface area contributed by atoms with Crippen molar-refractivity contribution >= 4 is 0 Å². The Morgan fingerprint density at radius 2 is 2.00 bits per heavy atom. The lowest BCUT2D eigenvalue weighted by molar-refractivity contribution is 0.181. The Hall–Kier alpha value is -0.120. The number of aliphatic hydroxyl groups excluding tert-OH is 1. The number of hydrogen-bond acceptors (Lipinski definition) is 3. The standard InChI is InChI=1S/C15H32N2O/c1-5-17-10-6-7-13(8-11-17)16-14(9-12-18)15(2,3)4/h13-14,16,18H,5-12H2,1-4H3. The fourth-order valence-electron chi connectivity index (χ4n) is 2.82. The minimum absolute atomic E-state index is 0.222. The molecule has 0 aromatic carbocycles. The molecular formula is C15H32N2O. The van der Waals surface area contributed by atoms with Crippen LogP contribution in [0.4, 0.5) is 0 Å². The van der Waals surface area contributed by atoms with Crippen LogP contribution in [0.15, 0.2) is 0 Å². The number of nitrogens with zero attached hydrogens (tertiary/aromatic N) is 1. The van der Waals surface area contributed by atoms with Gasteiger partial charge in [-0.1, -0.05) is 27.7 Å². The van der Waals surface area contributed by atoms with Crippen LogP contribution in [0.5, 0.6) is 0 Å². The second-order valence-corrected chi connectivity index (χ2v) is 6.66. The largest absolute Gasteiger partial charge is 0.396 e. The number of rotatable bonds is 5. The summed E-state index contributed by atoms with van der Waals surface area (Å²) < 4.78 is 0. The Morgan fingerprint density at radius 1 is 1.28 bits per heavy atom. The summed E-state index contributed by atoms with van der Waals surface area (Å²) in [6, 6.07) is 1.04. The maximum atomic E-state index is 9.22. The van der Waals surface area contributed by atoms with Crippen LogP contribution in [-0.4, -0.2) is 48.3 Å². The zero-order valence-corrected chi connectivity index (χ0v) is 12.7. The first kappa shape index (κ1) is 15.9. The van der Waals surface area contributed by atoms with Gasteiger partial charge in [-0.15, -0.1) is 0 Å². The molecule has 0 spiro atoms. The summed E-state index contributed by atoms with van der Waals surface area (Å²) in [4.78, 5) is 2.54. The van der Waals surface area contributed by atoms with Crippen molar-refractivity contribution in [1.82, 2.24) is 10.2 Å². The van der Waals surface area contributed by atoms with E-state index in [1.165, 1.54) is 38.9 Å². The van der Waals surface area contributed by atoms with Crippen LogP contribution in [0.2, 0.25) is 0 Å². The smallest absolute Gasteiger partial charge is 0.0446 e. The SMILES string of the molecule is CCN1CCCC(NC(CCO)C(C)(C)C)CC1. The van der Waals surface area contributed by atoms with E-state index in [1.807, 2.05) is 0 Å². The summed E-state index contributed by atoms with van der Waals surface area (Å²) in [5, 5.41) is 13.0. The van der Waals surface area contributed by atoms with E-state index in [0.717, 1.165) is 6.42 Å². The van der Waals surface area contributed by atoms with Gasteiger partial charge in [-0.25, -0.2) is 0 Å². The normalized spacial score (nSPS) is 24.8. The molecule has 2 atom stereocenters. The van der Waals surface area contributed by atoms with Crippen molar-refractivity contribution in [2.24, 2.45) is 5.41 Å². The van der Waals surface area contributed by atoms with Gasteiger partial charge >= 0.3 is 0 Å². The third kappa shape index (κ3) is 5.25. The van der Waals surface area contributed by atoms with E-state index in [2.05, 4.69) is 37.9 Å². The van der Waals surface area contributed by atoms with Crippen molar-refractivity contribution in [3.05, 3.63) is 0 Å². The van der Waals surface area contributed by atoms with Crippen molar-refractivity contribution in [1.29, 1.82) is 0 Å². The first-order valence-corrected chi connectivity index (χ1v) is 7.56. The average Bonchev–Trinajstić information content (AvgIpc) is 2.52. The van der Waals surface area contributed by atoms with E-state index in [4.69, 9.17) is 0 Å². The van der Waals surface area contributed by atoms with E-state index in [1.54, 1.807) is 0 Å². The zero-order chi connectivity index (χ0) is 13.6. The molecule has 1 heterocycles. The van der Waals surface area contributed by atoms with Gasteiger partial charge in [0.15, 0.2) is 0 Å². The Labute approximate surface area is 113 Å². The molecule has 2 unspecified atom stereocenters. The minimum atomic E-state index is 0.222. The summed E-state index contributed by atoms with van der Waals surface area (Å²) in [6.07, 6.45) is 4.67. The Morgan fingerprint density at radius 3 is 2.56 bits per heavy atom. The van der Waals surface area contributed by atoms with Gasteiger partial charge in [-0.05, 0) is 50.7 Å². The van der Waals surface area contributed by atoms with Crippen LogP contribution >= 0.6 is 0 Å². The monoisotopic (exact) mass is 256 g/mol. The van der Waals surface area contributed by atoms with Crippen molar-refractivity contribution in [3.8, 4) is 0 Å². The van der Waals surface area contributed by atoms with Crippen molar-refractivity contribution in [2.75, 3.05) is 26.2 Å². The number of hydrogen-bond donors (Lipinski definition) is 2. The van der Waals surface area contributed by atoms with E-state index >= 15 is 0 Å². The highest BCUT2D eigenvalue weighted by molar-refractivity contribution is 4.85. The van der Waals surface area contributed by atoms with Crippen LogP contribution in [0.1, 0.15) is 53.4 Å². The fraction of sp³-hybridized carbons (Fsp3) is 1.00. The van der Waals surface area contributed by atoms with Gasteiger partial charge in [-0.2, -0.15) is 0 Å². The molecule has 3 nitrogen and oxygen atoms in total. The lowest BCUT2D eigenvalue weighted by atomic mass is 9.84. The molecule has 1 aliphatic rings. The number of nitrogens with one attached hydrogen (secondary N) is 1. The van der Waals surface area contributed by atoms with E-state index in [9.17, 15) is 5.11 Å². The third-order valence-corrected chi connectivity index (χ3v) is 4.17. The van der Waals surface area contributed by atoms with Gasteiger partial charge < -0.3 is 15.3 Å². The molecule has 3 heteroatoms. The summed E-state index contributed by atoms with van der Waals surface area (Å²) >= 11 is 0. The predicted molar refractivity (Wildman–Crippen MR) is 77.8 cm³/mol. The van der Waals surface area contributed by atoms with Crippen LogP contribution in [0.3, 0.4) is 0 Å². The molecule has 0 aromatic rings. The maximum absolute atomic E-state index is 9.22. The van der Waals surface area contributed by atoms with Crippen LogP contribution < -0.4 is 5.32 Å². The minimum Gasteiger partial charge on any atom is -0.396 e. The van der Waals surface area contributed by atoms with Crippen molar-refractivity contribution in [2.45, 2.75) is 65.5 Å². The van der Waals surface area contributed by atoms with Crippen molar-refractivity contribution in [3.63, 3.8) is 0 Å². The van der Waals surface area contributed by atoms with Gasteiger partial charge in [0.05, 0.1) is 0 Å². The first-order valence-electron chi connectivity index (χ1n) is 7.56. The molecule has 0 radical (unpaired) electrons. The topological polar surface area (TPSA) is 35.5 Å². The average molecular weight is 256 g/mol. The Bertz CT molecular complexity index is 225. The summed E-state index contributed by atoms with van der Waals surface area (Å²) in [7, 11) is 0. The molecule has 2 N–H and O–H groups in total. The van der Waals surface area contributed by atoms with Gasteiger partial charge in [0.2, 0.25) is 0 Å². The molecule has 0 aliphatic carbocycles. The van der Waals surface area contributed by atoms with Crippen molar-refractivity contribution < 1.29 is 5.11 Å². The molecular weight excluding hydrogens is 224 g/mol. The highest BCUT2D eigenvalue weighted by atomic mass is 16.3. The second kappa shape index (κ2) is 7.46. The van der Waals surface area contributed by atoms with Crippen LogP contribution in [-0.2, 0) is 0 Å². The number of likely N-dealkylation sites (tertiary alicyclic amines) is 1. The van der Waals surface area contributed by atoms with Gasteiger partial charge in [-0.3, -0.25) is 0 Å². The predicted octanol–water partition coefficient (Wildman–Crippen LogP) is 2.25. The van der Waals surface area contributed by atoms with Gasteiger partial charge in [0, 0.05) is 18.7 Å². The zero-order valence-electron chi connectivity index (χ0n) is 12.7. The van der Waals surface area contributed by atoms with Crippen LogP contribution in [0.25, 0.3) is 0 Å². The molecule has 1 aliphatic heterocycles. The lowest BCUT2D eigenvalue weighted by Crippen LogP contribution is -2.46. The lowest BCUT2D eigenvalue weighted by Gasteiger charge is -2.34. The van der Waals surface area contributed by atoms with Gasteiger partial charge in [0.1, 0.15) is 0 Å². The molecule has 18 heavy (non-hydrogen) atoms. The molecule has 0 amide bonds. The van der Waals surface area contributed by atoms with E-state index < -0.39 is 0 Å². The number of aliphatic hydroxyl groups is 1. The second-order valence-electron chi connectivity index (χ2n) is 6.66. The Kier molecular flexibility index (Phi) is 6.61. The van der Waals surface area contributed by atoms with Crippen LogP contribution in [0, 0.1) is 5.41 Å².